The molecule has 16 heavy (non-hydrogen) atoms. The van der Waals surface area contributed by atoms with Crippen LogP contribution < -0.4 is 4.74 Å². The molecule has 2 heteroatoms. The summed E-state index contributed by atoms with van der Waals surface area (Å²) >= 11 is 0. The summed E-state index contributed by atoms with van der Waals surface area (Å²) in [5.74, 6) is 0.994. The molecule has 1 aliphatic rings. The van der Waals surface area contributed by atoms with E-state index in [1.54, 1.807) is 7.11 Å². The number of hydrogen-bond acceptors (Lipinski definition) is 2. The molecule has 0 N–H and O–H groups in total. The van der Waals surface area contributed by atoms with Crippen LogP contribution >= 0.6 is 0 Å². The zero-order valence-corrected chi connectivity index (χ0v) is 11.0. The third kappa shape index (κ3) is 1.61. The van der Waals surface area contributed by atoms with E-state index in [1.807, 2.05) is 0 Å². The maximum atomic E-state index is 5.73. The monoisotopic (exact) mass is 220 g/mol. The lowest BCUT2D eigenvalue weighted by molar-refractivity contribution is 0.321. The minimum atomic E-state index is -0.0419. The maximum absolute atomic E-state index is 5.73. The fraction of sp³-hybridized carbons (Fsp3) is 0.571. The number of hydrogen-bond donors (Lipinski definition) is 0. The van der Waals surface area contributed by atoms with Crippen molar-refractivity contribution in [2.45, 2.75) is 46.3 Å². The highest BCUT2D eigenvalue weighted by molar-refractivity contribution is 5.52. The molecule has 0 amide bonds. The Bertz CT molecular complexity index is 433. The molecule has 1 heterocycles. The van der Waals surface area contributed by atoms with Gasteiger partial charge >= 0.3 is 0 Å². The number of aryl methyl sites for hydroxylation is 2. The zero-order chi connectivity index (χ0) is 12.1. The van der Waals surface area contributed by atoms with E-state index in [0.717, 1.165) is 5.75 Å². The highest BCUT2D eigenvalue weighted by atomic mass is 16.6. The summed E-state index contributed by atoms with van der Waals surface area (Å²) in [5.41, 5.74) is 4.93. The van der Waals surface area contributed by atoms with E-state index in [1.165, 1.54) is 22.3 Å². The second-order valence-corrected chi connectivity index (χ2v) is 5.18. The summed E-state index contributed by atoms with van der Waals surface area (Å²) in [6.45, 7) is 10.6. The van der Waals surface area contributed by atoms with Crippen LogP contribution in [0.2, 0.25) is 0 Å². The van der Waals surface area contributed by atoms with Gasteiger partial charge < -0.3 is 9.47 Å². The van der Waals surface area contributed by atoms with Gasteiger partial charge in [0, 0.05) is 5.56 Å². The Kier molecular flexibility index (Phi) is 2.50. The van der Waals surface area contributed by atoms with Crippen LogP contribution in [0.5, 0.6) is 5.75 Å². The van der Waals surface area contributed by atoms with Gasteiger partial charge in [0.05, 0.1) is 12.7 Å². The van der Waals surface area contributed by atoms with Crippen molar-refractivity contribution in [3.05, 3.63) is 28.3 Å². The van der Waals surface area contributed by atoms with E-state index in [0.29, 0.717) is 0 Å². The van der Waals surface area contributed by atoms with Gasteiger partial charge in [0.25, 0.3) is 0 Å². The molecule has 1 aromatic carbocycles. The van der Waals surface area contributed by atoms with Crippen LogP contribution in [0.15, 0.2) is 6.07 Å². The van der Waals surface area contributed by atoms with Crippen molar-refractivity contribution in [1.29, 1.82) is 0 Å². The summed E-state index contributed by atoms with van der Waals surface area (Å²) in [4.78, 5) is 0. The molecule has 0 radical (unpaired) electrons. The summed E-state index contributed by atoms with van der Waals surface area (Å²) < 4.78 is 11.3. The molecule has 2 rings (SSSR count). The highest BCUT2D eigenvalue weighted by Gasteiger charge is 2.51. The van der Waals surface area contributed by atoms with Crippen LogP contribution in [-0.4, -0.2) is 12.7 Å². The molecule has 1 aliphatic heterocycles. The van der Waals surface area contributed by atoms with Gasteiger partial charge in [0.15, 0.2) is 0 Å². The second-order valence-electron chi connectivity index (χ2n) is 5.18. The largest absolute Gasteiger partial charge is 0.496 e. The van der Waals surface area contributed by atoms with E-state index in [-0.39, 0.29) is 11.7 Å². The number of methoxy groups -OCH3 is 1. The molecule has 1 fully saturated rings. The minimum absolute atomic E-state index is 0.0419. The first-order valence-electron chi connectivity index (χ1n) is 5.71. The van der Waals surface area contributed by atoms with Gasteiger partial charge in [-0.1, -0.05) is 6.07 Å². The molecule has 1 unspecified atom stereocenters. The molecule has 1 saturated heterocycles. The second kappa shape index (κ2) is 3.49. The van der Waals surface area contributed by atoms with Crippen molar-refractivity contribution in [2.24, 2.45) is 0 Å². The topological polar surface area (TPSA) is 21.8 Å². The third-order valence-electron chi connectivity index (χ3n) is 3.50. The van der Waals surface area contributed by atoms with Gasteiger partial charge in [-0.05, 0) is 51.3 Å². The Morgan fingerprint density at radius 3 is 2.19 bits per heavy atom. The molecule has 0 bridgehead atoms. The maximum Gasteiger partial charge on any atom is 0.128 e. The Morgan fingerprint density at radius 1 is 1.19 bits per heavy atom. The Labute approximate surface area is 97.6 Å². The van der Waals surface area contributed by atoms with Crippen LogP contribution in [0.25, 0.3) is 0 Å². The van der Waals surface area contributed by atoms with Gasteiger partial charge in [-0.15, -0.1) is 0 Å². The van der Waals surface area contributed by atoms with Gasteiger partial charge in [-0.3, -0.25) is 0 Å². The first kappa shape index (κ1) is 11.5. The predicted molar refractivity (Wildman–Crippen MR) is 65.1 cm³/mol. The van der Waals surface area contributed by atoms with Crippen molar-refractivity contribution >= 4 is 0 Å². The normalized spacial score (nSPS) is 22.0. The van der Waals surface area contributed by atoms with Gasteiger partial charge in [0.1, 0.15) is 11.9 Å². The van der Waals surface area contributed by atoms with Gasteiger partial charge in [0.2, 0.25) is 0 Å². The van der Waals surface area contributed by atoms with Crippen molar-refractivity contribution in [2.75, 3.05) is 7.11 Å². The lowest BCUT2D eigenvalue weighted by atomic mass is 9.93. The van der Waals surface area contributed by atoms with Crippen LogP contribution in [-0.2, 0) is 4.74 Å². The van der Waals surface area contributed by atoms with E-state index >= 15 is 0 Å². The predicted octanol–water partition coefficient (Wildman–Crippen LogP) is 3.47. The zero-order valence-electron chi connectivity index (χ0n) is 11.0. The van der Waals surface area contributed by atoms with Gasteiger partial charge in [-0.25, -0.2) is 0 Å². The van der Waals surface area contributed by atoms with Gasteiger partial charge in [-0.2, -0.15) is 0 Å². The number of epoxide rings is 1. The van der Waals surface area contributed by atoms with E-state index in [4.69, 9.17) is 9.47 Å². The van der Waals surface area contributed by atoms with E-state index in [9.17, 15) is 0 Å². The average Bonchev–Trinajstić information content (AvgIpc) is 2.80. The first-order chi connectivity index (χ1) is 7.38. The molecule has 1 aromatic rings. The van der Waals surface area contributed by atoms with Crippen molar-refractivity contribution < 1.29 is 9.47 Å². The molecule has 0 aliphatic carbocycles. The lowest BCUT2D eigenvalue weighted by Gasteiger charge is -2.15. The summed E-state index contributed by atoms with van der Waals surface area (Å²) in [5, 5.41) is 0. The fourth-order valence-corrected chi connectivity index (χ4v) is 2.34. The minimum Gasteiger partial charge on any atom is -0.496 e. The Balaban J connectivity index is 2.56. The molecule has 1 atom stereocenters. The van der Waals surface area contributed by atoms with E-state index in [2.05, 4.69) is 40.7 Å². The van der Waals surface area contributed by atoms with Crippen LogP contribution in [0.4, 0.5) is 0 Å². The molecule has 0 saturated carbocycles. The third-order valence-corrected chi connectivity index (χ3v) is 3.50. The summed E-state index contributed by atoms with van der Waals surface area (Å²) in [6.07, 6.45) is 0.182. The molecular formula is C14H20O2. The quantitative estimate of drug-likeness (QED) is 0.712. The summed E-state index contributed by atoms with van der Waals surface area (Å²) in [6, 6.07) is 2.21. The Morgan fingerprint density at radius 2 is 1.75 bits per heavy atom. The number of rotatable bonds is 2. The number of benzene rings is 1. The smallest absolute Gasteiger partial charge is 0.128 e. The highest BCUT2D eigenvalue weighted by Crippen LogP contribution is 2.53. The van der Waals surface area contributed by atoms with Crippen molar-refractivity contribution in [3.63, 3.8) is 0 Å². The molecule has 0 aromatic heterocycles. The average molecular weight is 220 g/mol. The van der Waals surface area contributed by atoms with Crippen LogP contribution in [0, 0.1) is 20.8 Å². The van der Waals surface area contributed by atoms with Crippen LogP contribution in [0.1, 0.15) is 42.2 Å². The Hall–Kier alpha value is -1.02. The fourth-order valence-electron chi connectivity index (χ4n) is 2.34. The lowest BCUT2D eigenvalue weighted by Crippen LogP contribution is -2.04. The first-order valence-corrected chi connectivity index (χ1v) is 5.71. The van der Waals surface area contributed by atoms with Crippen molar-refractivity contribution in [3.8, 4) is 5.75 Å². The number of ether oxygens (including phenoxy) is 2. The summed E-state index contributed by atoms with van der Waals surface area (Å²) in [7, 11) is 1.74. The standard InChI is InChI=1S/C14H20O2/c1-8-7-9(2)11(12(15-6)10(8)3)13-14(4,5)16-13/h7,13H,1-6H3. The molecule has 0 spiro atoms. The van der Waals surface area contributed by atoms with Crippen molar-refractivity contribution in [1.82, 2.24) is 0 Å². The SMILES string of the molecule is COc1c(C)c(C)cc(C)c1C1OC1(C)C. The molecular weight excluding hydrogens is 200 g/mol. The molecule has 2 nitrogen and oxygen atoms in total. The van der Waals surface area contributed by atoms with E-state index < -0.39 is 0 Å². The van der Waals surface area contributed by atoms with Crippen LogP contribution in [0.3, 0.4) is 0 Å². The molecule has 88 valence electrons.